The van der Waals surface area contributed by atoms with E-state index in [2.05, 4.69) is 103 Å². The number of carbonyl (C=O) groups is 2. The SMILES string of the molecule is CCCCCCCCCCCCCCCC[N+](C)(C)Cc1ccccc1.CCCCCCCCCCCCCCCC[N+](C)(C)Cc1ccccc1.O=C([O-])CCCCC(=O)[O-]. The molecule has 0 N–H and O–H groups in total. The third-order valence-electron chi connectivity index (χ3n) is 12.2. The van der Waals surface area contributed by atoms with Crippen molar-refractivity contribution in [2.45, 2.75) is 232 Å². The molecule has 0 aromatic heterocycles. The predicted molar refractivity (Wildman–Crippen MR) is 263 cm³/mol. The number of carboxylic acids is 2. The normalized spacial score (nSPS) is 11.4. The van der Waals surface area contributed by atoms with Gasteiger partial charge in [-0.05, 0) is 51.4 Å². The minimum Gasteiger partial charge on any atom is -0.550 e. The van der Waals surface area contributed by atoms with E-state index in [0.29, 0.717) is 12.8 Å². The fraction of sp³-hybridized carbons (Fsp3) is 0.750. The maximum atomic E-state index is 9.77. The minimum atomic E-state index is -1.14. The van der Waals surface area contributed by atoms with Crippen LogP contribution in [-0.2, 0) is 22.7 Å². The summed E-state index contributed by atoms with van der Waals surface area (Å²) in [4.78, 5) is 19.5. The second-order valence-electron chi connectivity index (χ2n) is 19.7. The number of carbonyl (C=O) groups excluding carboxylic acids is 2. The molecule has 2 aromatic rings. The summed E-state index contributed by atoms with van der Waals surface area (Å²) in [6.45, 7) is 9.49. The second-order valence-corrected chi connectivity index (χ2v) is 19.7. The van der Waals surface area contributed by atoms with Crippen molar-refractivity contribution in [1.29, 1.82) is 0 Å². The summed E-state index contributed by atoms with van der Waals surface area (Å²) in [7, 11) is 9.48. The number of hydrogen-bond acceptors (Lipinski definition) is 4. The topological polar surface area (TPSA) is 80.3 Å². The van der Waals surface area contributed by atoms with Crippen LogP contribution in [0.2, 0.25) is 0 Å². The minimum absolute atomic E-state index is 0.0761. The lowest BCUT2D eigenvalue weighted by Crippen LogP contribution is -2.39. The van der Waals surface area contributed by atoms with Crippen LogP contribution in [0.1, 0.15) is 230 Å². The van der Waals surface area contributed by atoms with E-state index < -0.39 is 11.9 Å². The first-order valence-electron chi connectivity index (χ1n) is 26.0. The Morgan fingerprint density at radius 2 is 0.581 bits per heavy atom. The summed E-state index contributed by atoms with van der Waals surface area (Å²) < 4.78 is 2.23. The van der Waals surface area contributed by atoms with Crippen LogP contribution >= 0.6 is 0 Å². The van der Waals surface area contributed by atoms with Gasteiger partial charge in [-0.1, -0.05) is 229 Å². The highest BCUT2D eigenvalue weighted by atomic mass is 16.4. The molecule has 2 rings (SSSR count). The first kappa shape index (κ1) is 59.3. The molecule has 0 heterocycles. The molecule has 358 valence electrons. The number of aliphatic carboxylic acids is 2. The smallest absolute Gasteiger partial charge is 0.104 e. The quantitative estimate of drug-likeness (QED) is 0.0495. The molecular weight excluding hydrogens is 765 g/mol. The van der Waals surface area contributed by atoms with Gasteiger partial charge in [-0.3, -0.25) is 0 Å². The van der Waals surface area contributed by atoms with Gasteiger partial charge in [0.2, 0.25) is 0 Å². The van der Waals surface area contributed by atoms with Crippen molar-refractivity contribution in [2.24, 2.45) is 0 Å². The van der Waals surface area contributed by atoms with Crippen molar-refractivity contribution in [2.75, 3.05) is 41.3 Å². The van der Waals surface area contributed by atoms with Crippen molar-refractivity contribution >= 4 is 11.9 Å². The summed E-state index contributed by atoms with van der Waals surface area (Å²) in [5.74, 6) is -2.28. The van der Waals surface area contributed by atoms with E-state index in [4.69, 9.17) is 0 Å². The molecule has 6 nitrogen and oxygen atoms in total. The van der Waals surface area contributed by atoms with Gasteiger partial charge in [-0.25, -0.2) is 0 Å². The maximum absolute atomic E-state index is 9.77. The Hall–Kier alpha value is -2.70. The molecule has 62 heavy (non-hydrogen) atoms. The first-order chi connectivity index (χ1) is 29.9. The van der Waals surface area contributed by atoms with Crippen LogP contribution in [-0.4, -0.2) is 62.2 Å². The van der Waals surface area contributed by atoms with Gasteiger partial charge in [0.05, 0.1) is 41.3 Å². The zero-order valence-corrected chi connectivity index (χ0v) is 41.8. The molecule has 0 unspecified atom stereocenters. The largest absolute Gasteiger partial charge is 0.550 e. The Balaban J connectivity index is 0.000000987. The van der Waals surface area contributed by atoms with Crippen LogP contribution in [0.5, 0.6) is 0 Å². The third-order valence-corrected chi connectivity index (χ3v) is 12.2. The number of unbranched alkanes of at least 4 members (excludes halogenated alkanes) is 27. The summed E-state index contributed by atoms with van der Waals surface area (Å²) in [5.41, 5.74) is 2.92. The van der Waals surface area contributed by atoms with Crippen LogP contribution in [0.15, 0.2) is 60.7 Å². The van der Waals surface area contributed by atoms with Crippen LogP contribution < -0.4 is 10.2 Å². The lowest BCUT2D eigenvalue weighted by Gasteiger charge is -2.30. The number of nitrogens with zero attached hydrogens (tertiary/aromatic N) is 2. The number of rotatable bonds is 39. The highest BCUT2D eigenvalue weighted by Gasteiger charge is 2.16. The van der Waals surface area contributed by atoms with Crippen LogP contribution in [0, 0.1) is 0 Å². The monoisotopic (exact) mass is 865 g/mol. The van der Waals surface area contributed by atoms with E-state index in [-0.39, 0.29) is 12.8 Å². The molecule has 0 radical (unpaired) electrons. The van der Waals surface area contributed by atoms with E-state index in [1.165, 1.54) is 204 Å². The van der Waals surface area contributed by atoms with E-state index in [1.54, 1.807) is 0 Å². The summed E-state index contributed by atoms with van der Waals surface area (Å²) in [5, 5.41) is 19.5. The van der Waals surface area contributed by atoms with Gasteiger partial charge in [-0.15, -0.1) is 0 Å². The van der Waals surface area contributed by atoms with E-state index in [9.17, 15) is 19.8 Å². The standard InChI is InChI=1S/2C25H46N.C6H10O4/c2*1-4-5-6-7-8-9-10-11-12-13-14-15-16-20-23-26(2,3)24-25-21-18-17-19-22-25;7-5(8)3-1-2-4-6(9)10/h2*17-19,21-22H,4-16,20,23-24H2,1-3H3;1-4H2,(H,7,8)(H,9,10)/q2*+1;/p-2. The van der Waals surface area contributed by atoms with Crippen molar-refractivity contribution in [3.05, 3.63) is 71.8 Å². The Morgan fingerprint density at radius 1 is 0.355 bits per heavy atom. The Kier molecular flexibility index (Phi) is 40.4. The lowest BCUT2D eigenvalue weighted by atomic mass is 10.0. The molecule has 0 bridgehead atoms. The van der Waals surface area contributed by atoms with Crippen LogP contribution in [0.3, 0.4) is 0 Å². The number of benzene rings is 2. The van der Waals surface area contributed by atoms with Gasteiger partial charge in [-0.2, -0.15) is 0 Å². The molecule has 0 aliphatic heterocycles. The second kappa shape index (κ2) is 42.3. The van der Waals surface area contributed by atoms with Crippen molar-refractivity contribution in [3.63, 3.8) is 0 Å². The molecule has 0 saturated heterocycles. The van der Waals surface area contributed by atoms with Gasteiger partial charge in [0.1, 0.15) is 13.1 Å². The summed E-state index contributed by atoms with van der Waals surface area (Å²) >= 11 is 0. The van der Waals surface area contributed by atoms with Crippen molar-refractivity contribution < 1.29 is 28.8 Å². The van der Waals surface area contributed by atoms with Gasteiger partial charge >= 0.3 is 0 Å². The highest BCUT2D eigenvalue weighted by Crippen LogP contribution is 2.17. The Bertz CT molecular complexity index is 1150. The average molecular weight is 865 g/mol. The van der Waals surface area contributed by atoms with Crippen LogP contribution in [0.25, 0.3) is 0 Å². The van der Waals surface area contributed by atoms with E-state index in [0.717, 1.165) is 22.1 Å². The highest BCUT2D eigenvalue weighted by molar-refractivity contribution is 5.65. The average Bonchev–Trinajstić information content (AvgIpc) is 3.23. The van der Waals surface area contributed by atoms with Crippen LogP contribution in [0.4, 0.5) is 0 Å². The van der Waals surface area contributed by atoms with Crippen molar-refractivity contribution in [1.82, 2.24) is 0 Å². The molecule has 6 heteroatoms. The fourth-order valence-electron chi connectivity index (χ4n) is 8.32. The predicted octanol–water partition coefficient (Wildman–Crippen LogP) is 13.5. The molecule has 0 fully saturated rings. The lowest BCUT2D eigenvalue weighted by molar-refractivity contribution is -0.903. The third kappa shape index (κ3) is 43.9. The van der Waals surface area contributed by atoms with Gasteiger partial charge in [0.15, 0.2) is 0 Å². The summed E-state index contributed by atoms with van der Waals surface area (Å²) in [6, 6.07) is 21.9. The van der Waals surface area contributed by atoms with Crippen molar-refractivity contribution in [3.8, 4) is 0 Å². The zero-order chi connectivity index (χ0) is 45.8. The van der Waals surface area contributed by atoms with Gasteiger partial charge in [0, 0.05) is 23.1 Å². The Morgan fingerprint density at radius 3 is 0.806 bits per heavy atom. The number of quaternary nitrogens is 2. The molecule has 0 aliphatic rings. The first-order valence-corrected chi connectivity index (χ1v) is 26.0. The number of carboxylic acid groups (broad SMARTS) is 2. The molecule has 0 saturated carbocycles. The van der Waals surface area contributed by atoms with Gasteiger partial charge in [0.25, 0.3) is 0 Å². The molecule has 0 atom stereocenters. The molecular formula is C56H100N2O4. The molecule has 0 aliphatic carbocycles. The molecule has 0 amide bonds. The van der Waals surface area contributed by atoms with E-state index in [1.807, 2.05) is 0 Å². The summed E-state index contributed by atoms with van der Waals surface area (Å²) in [6.07, 6.45) is 40.9. The zero-order valence-electron chi connectivity index (χ0n) is 41.8. The fourth-order valence-corrected chi connectivity index (χ4v) is 8.32. The van der Waals surface area contributed by atoms with E-state index >= 15 is 0 Å². The molecule has 2 aromatic carbocycles. The molecule has 0 spiro atoms. The van der Waals surface area contributed by atoms with Gasteiger partial charge < -0.3 is 28.8 Å². The maximum Gasteiger partial charge on any atom is 0.104 e. The number of hydrogen-bond donors (Lipinski definition) is 0. The Labute approximate surface area is 384 Å².